The smallest absolute Gasteiger partial charge is 0.0843 e. The summed E-state index contributed by atoms with van der Waals surface area (Å²) >= 11 is 3.37. The second kappa shape index (κ2) is 3.74. The Labute approximate surface area is 68.8 Å². The number of hydrogen-bond donors (Lipinski definition) is 1. The van der Waals surface area contributed by atoms with Gasteiger partial charge >= 0.3 is 0 Å². The summed E-state index contributed by atoms with van der Waals surface area (Å²) in [4.78, 5) is 0. The van der Waals surface area contributed by atoms with Crippen molar-refractivity contribution in [3.05, 3.63) is 40.9 Å². The van der Waals surface area contributed by atoms with Gasteiger partial charge in [0.2, 0.25) is 0 Å². The minimum Gasteiger partial charge on any atom is -0.390 e. The van der Waals surface area contributed by atoms with Gasteiger partial charge < -0.3 is 5.11 Å². The Hall–Kier alpha value is -0.340. The number of rotatable bonds is 2. The molecular weight excluding hydrogens is 192 g/mol. The first kappa shape index (κ1) is 7.76. The van der Waals surface area contributed by atoms with E-state index in [-0.39, 0.29) is 0 Å². The fourth-order valence-corrected chi connectivity index (χ4v) is 1.21. The first-order valence-electron chi connectivity index (χ1n) is 3.04. The van der Waals surface area contributed by atoms with Gasteiger partial charge in [0.15, 0.2) is 0 Å². The minimum absolute atomic E-state index is 0.599. The highest BCUT2D eigenvalue weighted by Gasteiger charge is 1.95. The molecule has 10 heavy (non-hydrogen) atoms. The van der Waals surface area contributed by atoms with Crippen LogP contribution in [-0.4, -0.2) is 5.11 Å². The van der Waals surface area contributed by atoms with Gasteiger partial charge in [0, 0.05) is 10.9 Å². The van der Waals surface area contributed by atoms with E-state index in [1.54, 1.807) is 0 Å². The highest BCUT2D eigenvalue weighted by Crippen LogP contribution is 2.16. The molecule has 0 spiro atoms. The summed E-state index contributed by atoms with van der Waals surface area (Å²) < 4.78 is 1.04. The maximum Gasteiger partial charge on any atom is 0.0843 e. The third-order valence-electron chi connectivity index (χ3n) is 1.27. The van der Waals surface area contributed by atoms with Gasteiger partial charge in [0.1, 0.15) is 0 Å². The number of hydrogen-bond acceptors (Lipinski definition) is 1. The number of halogens is 1. The van der Waals surface area contributed by atoms with Gasteiger partial charge in [0.05, 0.1) is 6.61 Å². The lowest BCUT2D eigenvalue weighted by atomic mass is 10.2. The van der Waals surface area contributed by atoms with Gasteiger partial charge in [-0.3, -0.25) is 0 Å². The van der Waals surface area contributed by atoms with Crippen LogP contribution in [0.2, 0.25) is 0 Å². The van der Waals surface area contributed by atoms with E-state index in [1.165, 1.54) is 0 Å². The van der Waals surface area contributed by atoms with Gasteiger partial charge in [-0.1, -0.05) is 34.1 Å². The molecule has 1 aromatic carbocycles. The summed E-state index contributed by atoms with van der Waals surface area (Å²) in [5, 5.41) is 8.50. The van der Waals surface area contributed by atoms with E-state index in [0.29, 0.717) is 6.42 Å². The van der Waals surface area contributed by atoms with Crippen molar-refractivity contribution in [2.45, 2.75) is 6.42 Å². The summed E-state index contributed by atoms with van der Waals surface area (Å²) in [6.45, 7) is 1.15. The van der Waals surface area contributed by atoms with Crippen LogP contribution in [-0.2, 0) is 6.42 Å². The molecule has 53 valence electrons. The van der Waals surface area contributed by atoms with Gasteiger partial charge in [-0.2, -0.15) is 0 Å². The minimum atomic E-state index is 0.599. The van der Waals surface area contributed by atoms with Crippen molar-refractivity contribution in [3.63, 3.8) is 0 Å². The lowest BCUT2D eigenvalue weighted by Gasteiger charge is -1.98. The lowest BCUT2D eigenvalue weighted by molar-refractivity contribution is 0.385. The fourth-order valence-electron chi connectivity index (χ4n) is 0.762. The molecule has 0 fully saturated rings. The standard InChI is InChI=1S/C8H8BrO/c9-8-4-2-1-3-7(8)5-6-10/h1-4,6,10H,5H2. The van der Waals surface area contributed by atoms with Gasteiger partial charge in [-0.05, 0) is 11.6 Å². The monoisotopic (exact) mass is 199 g/mol. The average Bonchev–Trinajstić information content (AvgIpc) is 1.94. The summed E-state index contributed by atoms with van der Waals surface area (Å²) in [5.41, 5.74) is 1.10. The van der Waals surface area contributed by atoms with E-state index in [1.807, 2.05) is 24.3 Å². The Morgan fingerprint density at radius 3 is 2.70 bits per heavy atom. The SMILES string of the molecule is O[CH]Cc1ccccc1Br. The van der Waals surface area contributed by atoms with Crippen molar-refractivity contribution in [3.8, 4) is 0 Å². The molecule has 1 rings (SSSR count). The largest absolute Gasteiger partial charge is 0.390 e. The molecule has 1 aromatic rings. The molecule has 0 aliphatic carbocycles. The molecule has 1 radical (unpaired) electrons. The normalized spacial score (nSPS) is 9.80. The molecule has 0 bridgehead atoms. The molecule has 1 N–H and O–H groups in total. The number of aliphatic hydroxyl groups is 1. The van der Waals surface area contributed by atoms with Crippen molar-refractivity contribution in [1.29, 1.82) is 0 Å². The number of benzene rings is 1. The topological polar surface area (TPSA) is 20.2 Å². The van der Waals surface area contributed by atoms with Crippen LogP contribution >= 0.6 is 15.9 Å². The zero-order valence-corrected chi connectivity index (χ0v) is 7.01. The average molecular weight is 200 g/mol. The molecule has 0 heterocycles. The first-order valence-corrected chi connectivity index (χ1v) is 3.83. The van der Waals surface area contributed by atoms with Crippen LogP contribution in [0, 0.1) is 6.61 Å². The molecule has 0 saturated carbocycles. The van der Waals surface area contributed by atoms with Crippen molar-refractivity contribution in [1.82, 2.24) is 0 Å². The van der Waals surface area contributed by atoms with Crippen molar-refractivity contribution < 1.29 is 5.11 Å². The van der Waals surface area contributed by atoms with E-state index in [0.717, 1.165) is 16.6 Å². The quantitative estimate of drug-likeness (QED) is 0.777. The van der Waals surface area contributed by atoms with Crippen LogP contribution in [0.4, 0.5) is 0 Å². The summed E-state index contributed by atoms with van der Waals surface area (Å²) in [7, 11) is 0. The van der Waals surface area contributed by atoms with Gasteiger partial charge in [-0.15, -0.1) is 0 Å². The zero-order valence-electron chi connectivity index (χ0n) is 5.42. The van der Waals surface area contributed by atoms with Crippen molar-refractivity contribution in [2.24, 2.45) is 0 Å². The molecule has 0 aliphatic heterocycles. The molecule has 0 unspecified atom stereocenters. The second-order valence-corrected chi connectivity index (χ2v) is 2.83. The van der Waals surface area contributed by atoms with E-state index in [4.69, 9.17) is 5.11 Å². The molecule has 0 aromatic heterocycles. The molecular formula is C8H8BrO. The van der Waals surface area contributed by atoms with E-state index >= 15 is 0 Å². The maximum absolute atomic E-state index is 8.50. The van der Waals surface area contributed by atoms with Crippen LogP contribution in [0.1, 0.15) is 5.56 Å². The molecule has 0 saturated heterocycles. The van der Waals surface area contributed by atoms with Crippen LogP contribution in [0.15, 0.2) is 28.7 Å². The zero-order chi connectivity index (χ0) is 7.40. The predicted octanol–water partition coefficient (Wildman–Crippen LogP) is 2.53. The summed E-state index contributed by atoms with van der Waals surface area (Å²) in [5.74, 6) is 0. The molecule has 2 heteroatoms. The Morgan fingerprint density at radius 2 is 2.10 bits per heavy atom. The Balaban J connectivity index is 2.81. The van der Waals surface area contributed by atoms with Gasteiger partial charge in [-0.25, -0.2) is 0 Å². The Bertz CT molecular complexity index is 210. The summed E-state index contributed by atoms with van der Waals surface area (Å²) in [6, 6.07) is 7.82. The first-order chi connectivity index (χ1) is 4.84. The highest BCUT2D eigenvalue weighted by molar-refractivity contribution is 9.10. The Morgan fingerprint density at radius 1 is 1.40 bits per heavy atom. The van der Waals surface area contributed by atoms with E-state index < -0.39 is 0 Å². The maximum atomic E-state index is 8.50. The molecule has 0 aliphatic rings. The third-order valence-corrected chi connectivity index (χ3v) is 2.04. The van der Waals surface area contributed by atoms with Crippen molar-refractivity contribution in [2.75, 3.05) is 0 Å². The Kier molecular flexibility index (Phi) is 2.90. The highest BCUT2D eigenvalue weighted by atomic mass is 79.9. The summed E-state index contributed by atoms with van der Waals surface area (Å²) in [6.07, 6.45) is 0.599. The predicted molar refractivity (Wildman–Crippen MR) is 44.1 cm³/mol. The van der Waals surface area contributed by atoms with Crippen molar-refractivity contribution >= 4 is 15.9 Å². The van der Waals surface area contributed by atoms with Crippen LogP contribution in [0.5, 0.6) is 0 Å². The van der Waals surface area contributed by atoms with E-state index in [9.17, 15) is 0 Å². The molecule has 0 atom stereocenters. The third kappa shape index (κ3) is 1.82. The molecule has 1 nitrogen and oxygen atoms in total. The lowest BCUT2D eigenvalue weighted by Crippen LogP contribution is -1.85. The van der Waals surface area contributed by atoms with E-state index in [2.05, 4.69) is 15.9 Å². The molecule has 0 amide bonds. The van der Waals surface area contributed by atoms with Crippen LogP contribution < -0.4 is 0 Å². The van der Waals surface area contributed by atoms with Crippen LogP contribution in [0.3, 0.4) is 0 Å². The van der Waals surface area contributed by atoms with Crippen LogP contribution in [0.25, 0.3) is 0 Å². The second-order valence-electron chi connectivity index (χ2n) is 1.98. The number of aliphatic hydroxyl groups excluding tert-OH is 1. The fraction of sp³-hybridized carbons (Fsp3) is 0.125. The van der Waals surface area contributed by atoms with Gasteiger partial charge in [0.25, 0.3) is 0 Å².